The number of rotatable bonds is 3. The molecule has 4 rings (SSSR count). The monoisotopic (exact) mass is 402 g/mol. The van der Waals surface area contributed by atoms with Crippen molar-refractivity contribution in [3.8, 4) is 0 Å². The van der Waals surface area contributed by atoms with Gasteiger partial charge in [0.05, 0.1) is 25.7 Å². The molecule has 5 nitrogen and oxygen atoms in total. The largest absolute Gasteiger partial charge is 0.458 e. The SMILES string of the molecule is CC1(C)CC2(CC(c3ccc(F)cc3)=C1C=C[C@H]1C[C@H](O)CC(=O)O1)OCCO2. The summed E-state index contributed by atoms with van der Waals surface area (Å²) in [6.07, 6.45) is 4.37. The Morgan fingerprint density at radius 2 is 1.86 bits per heavy atom. The molecule has 1 aromatic carbocycles. The Morgan fingerprint density at radius 1 is 1.17 bits per heavy atom. The number of carbonyl (C=O) groups excluding carboxylic acids is 1. The Hall–Kier alpha value is -2.02. The molecule has 2 fully saturated rings. The van der Waals surface area contributed by atoms with Gasteiger partial charge in [0.25, 0.3) is 0 Å². The van der Waals surface area contributed by atoms with Crippen LogP contribution in [-0.2, 0) is 19.0 Å². The molecule has 1 aromatic rings. The maximum absolute atomic E-state index is 13.5. The topological polar surface area (TPSA) is 65.0 Å². The molecule has 0 aromatic heterocycles. The summed E-state index contributed by atoms with van der Waals surface area (Å²) >= 11 is 0. The highest BCUT2D eigenvalue weighted by Gasteiger charge is 2.47. The van der Waals surface area contributed by atoms with Gasteiger partial charge in [-0.25, -0.2) is 4.39 Å². The molecule has 2 atom stereocenters. The van der Waals surface area contributed by atoms with Crippen molar-refractivity contribution in [1.29, 1.82) is 0 Å². The maximum atomic E-state index is 13.5. The third-order valence-corrected chi connectivity index (χ3v) is 5.88. The summed E-state index contributed by atoms with van der Waals surface area (Å²) < 4.78 is 30.9. The minimum Gasteiger partial charge on any atom is -0.458 e. The number of aliphatic hydroxyl groups excluding tert-OH is 1. The first-order chi connectivity index (χ1) is 13.8. The summed E-state index contributed by atoms with van der Waals surface area (Å²) in [7, 11) is 0. The van der Waals surface area contributed by atoms with Crippen molar-refractivity contribution in [2.45, 2.75) is 57.5 Å². The lowest BCUT2D eigenvalue weighted by Crippen LogP contribution is -2.41. The van der Waals surface area contributed by atoms with Crippen LogP contribution in [0.5, 0.6) is 0 Å². The molecule has 1 aliphatic carbocycles. The molecule has 2 heterocycles. The molecular weight excluding hydrogens is 375 g/mol. The molecule has 2 saturated heterocycles. The van der Waals surface area contributed by atoms with Gasteiger partial charge >= 0.3 is 5.97 Å². The molecule has 29 heavy (non-hydrogen) atoms. The van der Waals surface area contributed by atoms with Crippen LogP contribution in [-0.4, -0.2) is 42.3 Å². The molecule has 3 aliphatic rings. The Labute approximate surface area is 170 Å². The van der Waals surface area contributed by atoms with Crippen LogP contribution < -0.4 is 0 Å². The first-order valence-corrected chi connectivity index (χ1v) is 10.1. The van der Waals surface area contributed by atoms with Crippen molar-refractivity contribution in [3.63, 3.8) is 0 Å². The lowest BCUT2D eigenvalue weighted by atomic mass is 9.68. The van der Waals surface area contributed by atoms with E-state index in [1.807, 2.05) is 12.2 Å². The van der Waals surface area contributed by atoms with Gasteiger partial charge in [0, 0.05) is 19.3 Å². The van der Waals surface area contributed by atoms with Gasteiger partial charge in [0.2, 0.25) is 0 Å². The van der Waals surface area contributed by atoms with E-state index in [-0.39, 0.29) is 23.6 Å². The quantitative estimate of drug-likeness (QED) is 0.780. The molecule has 2 aliphatic heterocycles. The fourth-order valence-electron chi connectivity index (χ4n) is 4.67. The van der Waals surface area contributed by atoms with Crippen molar-refractivity contribution in [2.75, 3.05) is 13.2 Å². The maximum Gasteiger partial charge on any atom is 0.309 e. The number of esters is 1. The Balaban J connectivity index is 1.73. The number of ether oxygens (including phenoxy) is 3. The highest BCUT2D eigenvalue weighted by atomic mass is 19.1. The van der Waals surface area contributed by atoms with Crippen molar-refractivity contribution in [2.24, 2.45) is 5.41 Å². The van der Waals surface area contributed by atoms with Crippen molar-refractivity contribution < 1.29 is 28.5 Å². The van der Waals surface area contributed by atoms with E-state index >= 15 is 0 Å². The fraction of sp³-hybridized carbons (Fsp3) is 0.522. The number of aliphatic hydroxyl groups is 1. The summed E-state index contributed by atoms with van der Waals surface area (Å²) in [5.41, 5.74) is 2.74. The Morgan fingerprint density at radius 3 is 2.52 bits per heavy atom. The number of benzene rings is 1. The Kier molecular flexibility index (Phi) is 5.36. The average Bonchev–Trinajstić information content (AvgIpc) is 3.07. The highest BCUT2D eigenvalue weighted by Crippen LogP contribution is 2.51. The molecular formula is C23H27FO5. The van der Waals surface area contributed by atoms with E-state index in [2.05, 4.69) is 13.8 Å². The predicted octanol–water partition coefficient (Wildman–Crippen LogP) is 3.77. The molecule has 0 saturated carbocycles. The number of hydrogen-bond acceptors (Lipinski definition) is 5. The van der Waals surface area contributed by atoms with Gasteiger partial charge < -0.3 is 19.3 Å². The third kappa shape index (κ3) is 4.29. The normalized spacial score (nSPS) is 28.9. The zero-order chi connectivity index (χ0) is 20.6. The minimum absolute atomic E-state index is 0.0383. The van der Waals surface area contributed by atoms with Gasteiger partial charge in [-0.3, -0.25) is 4.79 Å². The summed E-state index contributed by atoms with van der Waals surface area (Å²) in [6, 6.07) is 6.45. The zero-order valence-corrected chi connectivity index (χ0v) is 16.8. The lowest BCUT2D eigenvalue weighted by molar-refractivity contribution is -0.174. The third-order valence-electron chi connectivity index (χ3n) is 5.88. The minimum atomic E-state index is -0.681. The van der Waals surface area contributed by atoms with Crippen LogP contribution in [0.4, 0.5) is 4.39 Å². The summed E-state index contributed by atoms with van der Waals surface area (Å²) in [5, 5.41) is 9.87. The number of hydrogen-bond donors (Lipinski definition) is 1. The molecule has 0 amide bonds. The van der Waals surface area contributed by atoms with Gasteiger partial charge in [0.15, 0.2) is 5.79 Å². The van der Waals surface area contributed by atoms with E-state index in [0.29, 0.717) is 32.5 Å². The first kappa shape index (κ1) is 20.3. The van der Waals surface area contributed by atoms with Crippen LogP contribution in [0.3, 0.4) is 0 Å². The average molecular weight is 402 g/mol. The van der Waals surface area contributed by atoms with Crippen molar-refractivity contribution in [1.82, 2.24) is 0 Å². The lowest BCUT2D eigenvalue weighted by Gasteiger charge is -2.43. The second-order valence-electron chi connectivity index (χ2n) is 8.73. The van der Waals surface area contributed by atoms with Crippen LogP contribution in [0, 0.1) is 11.2 Å². The van der Waals surface area contributed by atoms with Gasteiger partial charge in [-0.15, -0.1) is 0 Å². The number of carbonyl (C=O) groups is 1. The molecule has 1 N–H and O–H groups in total. The van der Waals surface area contributed by atoms with Crippen LogP contribution >= 0.6 is 0 Å². The van der Waals surface area contributed by atoms with Crippen molar-refractivity contribution in [3.05, 3.63) is 53.4 Å². The summed E-state index contributed by atoms with van der Waals surface area (Å²) in [4.78, 5) is 11.7. The summed E-state index contributed by atoms with van der Waals surface area (Å²) in [6.45, 7) is 5.38. The second-order valence-corrected chi connectivity index (χ2v) is 8.73. The molecule has 0 bridgehead atoms. The molecule has 1 spiro atoms. The number of allylic oxidation sites excluding steroid dienone is 2. The highest BCUT2D eigenvalue weighted by molar-refractivity contribution is 5.74. The van der Waals surface area contributed by atoms with Gasteiger partial charge in [0.1, 0.15) is 11.9 Å². The number of cyclic esters (lactones) is 1. The van der Waals surface area contributed by atoms with E-state index < -0.39 is 18.0 Å². The fourth-order valence-corrected chi connectivity index (χ4v) is 4.67. The zero-order valence-electron chi connectivity index (χ0n) is 16.8. The van der Waals surface area contributed by atoms with Crippen LogP contribution in [0.25, 0.3) is 5.57 Å². The molecule has 6 heteroatoms. The molecule has 0 unspecified atom stereocenters. The Bertz CT molecular complexity index is 833. The van der Waals surface area contributed by atoms with Gasteiger partial charge in [-0.05, 0) is 40.3 Å². The van der Waals surface area contributed by atoms with Gasteiger partial charge in [-0.1, -0.05) is 32.1 Å². The van der Waals surface area contributed by atoms with Crippen LogP contribution in [0.2, 0.25) is 0 Å². The van der Waals surface area contributed by atoms with E-state index in [1.54, 1.807) is 12.1 Å². The summed E-state index contributed by atoms with van der Waals surface area (Å²) in [5.74, 6) is -1.34. The molecule has 156 valence electrons. The molecule has 0 radical (unpaired) electrons. The van der Waals surface area contributed by atoms with Gasteiger partial charge in [-0.2, -0.15) is 0 Å². The van der Waals surface area contributed by atoms with E-state index in [9.17, 15) is 14.3 Å². The second kappa shape index (κ2) is 7.67. The smallest absolute Gasteiger partial charge is 0.309 e. The van der Waals surface area contributed by atoms with Crippen LogP contribution in [0.1, 0.15) is 45.1 Å². The predicted molar refractivity (Wildman–Crippen MR) is 105 cm³/mol. The van der Waals surface area contributed by atoms with E-state index in [4.69, 9.17) is 14.2 Å². The van der Waals surface area contributed by atoms with E-state index in [1.165, 1.54) is 12.1 Å². The first-order valence-electron chi connectivity index (χ1n) is 10.1. The number of halogens is 1. The van der Waals surface area contributed by atoms with Crippen molar-refractivity contribution >= 4 is 11.5 Å². The van der Waals surface area contributed by atoms with E-state index in [0.717, 1.165) is 16.7 Å². The van der Waals surface area contributed by atoms with Crippen LogP contribution in [0.15, 0.2) is 42.0 Å². The standard InChI is InChI=1S/C23H27FO5/c1-22(2)14-23(27-9-10-28-23)13-19(15-3-5-16(24)6-4-15)20(22)8-7-18-11-17(25)12-21(26)29-18/h3-8,17-18,25H,9-14H2,1-2H3/t17-,18-/m0/s1.